The Morgan fingerprint density at radius 3 is 2.60 bits per heavy atom. The van der Waals surface area contributed by atoms with Crippen LogP contribution in [0.25, 0.3) is 0 Å². The van der Waals surface area contributed by atoms with E-state index in [1.165, 1.54) is 6.92 Å². The van der Waals surface area contributed by atoms with Crippen molar-refractivity contribution in [1.29, 1.82) is 0 Å². The number of halogens is 2. The fraction of sp³-hybridized carbons (Fsp3) is 0.353. The lowest BCUT2D eigenvalue weighted by atomic mass is 9.94. The summed E-state index contributed by atoms with van der Waals surface area (Å²) in [4.78, 5) is 28.6. The average molecular weight is 350 g/mol. The molecule has 0 spiro atoms. The molecule has 132 valence electrons. The van der Waals surface area contributed by atoms with E-state index in [2.05, 4.69) is 10.5 Å². The standard InChI is InChI=1S/C17H16F2N2O4/c1-17(16(24)20-13-3-2-9(6-13)15(22)23)8-14(21-25-17)10-4-11(18)7-12(19)5-10/h2,4-5,7,13H,3,6,8H2,1H3,(H,20,24)(H,22,23)/t13-,17?/m0/s1. The molecule has 0 saturated carbocycles. The van der Waals surface area contributed by atoms with Gasteiger partial charge in [0.15, 0.2) is 0 Å². The highest BCUT2D eigenvalue weighted by Crippen LogP contribution is 2.28. The summed E-state index contributed by atoms with van der Waals surface area (Å²) in [7, 11) is 0. The first-order chi connectivity index (χ1) is 11.8. The minimum absolute atomic E-state index is 0.0493. The third kappa shape index (κ3) is 3.52. The van der Waals surface area contributed by atoms with Crippen molar-refractivity contribution in [2.24, 2.45) is 5.16 Å². The van der Waals surface area contributed by atoms with Gasteiger partial charge in [0.1, 0.15) is 11.6 Å². The van der Waals surface area contributed by atoms with Crippen LogP contribution in [0.4, 0.5) is 8.78 Å². The first kappa shape index (κ1) is 17.1. The maximum absolute atomic E-state index is 13.3. The van der Waals surface area contributed by atoms with Crippen molar-refractivity contribution in [3.05, 3.63) is 47.0 Å². The fourth-order valence-corrected chi connectivity index (χ4v) is 2.88. The third-order valence-corrected chi connectivity index (χ3v) is 4.26. The van der Waals surface area contributed by atoms with Crippen LogP contribution in [0.2, 0.25) is 0 Å². The van der Waals surface area contributed by atoms with Crippen molar-refractivity contribution in [3.63, 3.8) is 0 Å². The molecule has 1 heterocycles. The largest absolute Gasteiger partial charge is 0.478 e. The van der Waals surface area contributed by atoms with E-state index >= 15 is 0 Å². The molecule has 0 saturated heterocycles. The number of carboxylic acids is 1. The van der Waals surface area contributed by atoms with Crippen molar-refractivity contribution in [3.8, 4) is 0 Å². The number of nitrogens with zero attached hydrogens (tertiary/aromatic N) is 1. The molecule has 25 heavy (non-hydrogen) atoms. The summed E-state index contributed by atoms with van der Waals surface area (Å²) < 4.78 is 26.7. The lowest BCUT2D eigenvalue weighted by Crippen LogP contribution is -2.48. The lowest BCUT2D eigenvalue weighted by Gasteiger charge is -2.23. The Labute approximate surface area is 142 Å². The van der Waals surface area contributed by atoms with E-state index in [9.17, 15) is 18.4 Å². The van der Waals surface area contributed by atoms with Gasteiger partial charge in [0.2, 0.25) is 5.60 Å². The van der Waals surface area contributed by atoms with Crippen molar-refractivity contribution in [2.75, 3.05) is 0 Å². The molecule has 0 fully saturated rings. The Hall–Kier alpha value is -2.77. The minimum atomic E-state index is -1.32. The van der Waals surface area contributed by atoms with Crippen LogP contribution in [0.15, 0.2) is 35.0 Å². The number of amides is 1. The van der Waals surface area contributed by atoms with Crippen molar-refractivity contribution in [2.45, 2.75) is 37.8 Å². The summed E-state index contributed by atoms with van der Waals surface area (Å²) in [6, 6.07) is 2.66. The molecule has 1 aliphatic carbocycles. The molecule has 6 nitrogen and oxygen atoms in total. The van der Waals surface area contributed by atoms with Gasteiger partial charge in [0.25, 0.3) is 5.91 Å². The van der Waals surface area contributed by atoms with E-state index in [1.54, 1.807) is 6.08 Å². The van der Waals surface area contributed by atoms with Crippen molar-refractivity contribution < 1.29 is 28.3 Å². The Bertz CT molecular complexity index is 786. The molecule has 8 heteroatoms. The molecule has 1 aromatic carbocycles. The highest BCUT2D eigenvalue weighted by atomic mass is 19.1. The Balaban J connectivity index is 1.64. The van der Waals surface area contributed by atoms with Gasteiger partial charge in [0, 0.05) is 29.7 Å². The van der Waals surface area contributed by atoms with Crippen LogP contribution < -0.4 is 5.32 Å². The predicted molar refractivity (Wildman–Crippen MR) is 83.9 cm³/mol. The van der Waals surface area contributed by atoms with Gasteiger partial charge in [-0.3, -0.25) is 4.79 Å². The van der Waals surface area contributed by atoms with Crippen LogP contribution in [0, 0.1) is 11.6 Å². The van der Waals surface area contributed by atoms with Gasteiger partial charge in [0.05, 0.1) is 5.71 Å². The van der Waals surface area contributed by atoms with E-state index in [0.29, 0.717) is 6.42 Å². The van der Waals surface area contributed by atoms with E-state index in [0.717, 1.165) is 18.2 Å². The molecule has 2 aliphatic rings. The molecule has 3 rings (SSSR count). The Morgan fingerprint density at radius 2 is 2.00 bits per heavy atom. The smallest absolute Gasteiger partial charge is 0.331 e. The van der Waals surface area contributed by atoms with Crippen molar-refractivity contribution in [1.82, 2.24) is 5.32 Å². The van der Waals surface area contributed by atoms with E-state index in [1.807, 2.05) is 0 Å². The monoisotopic (exact) mass is 350 g/mol. The molecule has 0 radical (unpaired) electrons. The van der Waals surface area contributed by atoms with Gasteiger partial charge in [-0.05, 0) is 31.9 Å². The summed E-state index contributed by atoms with van der Waals surface area (Å²) in [5, 5.41) is 15.5. The number of oxime groups is 1. The highest BCUT2D eigenvalue weighted by Gasteiger charge is 2.43. The Kier molecular flexibility index (Phi) is 4.28. The number of rotatable bonds is 4. The number of aliphatic carboxylic acids is 1. The Morgan fingerprint density at radius 1 is 1.32 bits per heavy atom. The van der Waals surface area contributed by atoms with Gasteiger partial charge in [-0.25, -0.2) is 13.6 Å². The molecular weight excluding hydrogens is 334 g/mol. The maximum Gasteiger partial charge on any atom is 0.331 e. The summed E-state index contributed by atoms with van der Waals surface area (Å²) in [6.07, 6.45) is 2.28. The third-order valence-electron chi connectivity index (χ3n) is 4.26. The van der Waals surface area contributed by atoms with Crippen LogP contribution in [0.1, 0.15) is 31.7 Å². The summed E-state index contributed by atoms with van der Waals surface area (Å²) in [5.41, 5.74) is -0.573. The normalized spacial score (nSPS) is 25.2. The number of carbonyl (C=O) groups excluding carboxylic acids is 1. The minimum Gasteiger partial charge on any atom is -0.478 e. The lowest BCUT2D eigenvalue weighted by molar-refractivity contribution is -0.142. The second-order valence-corrected chi connectivity index (χ2v) is 6.34. The molecule has 0 aromatic heterocycles. The molecule has 1 amide bonds. The molecule has 1 aliphatic heterocycles. The van der Waals surface area contributed by atoms with Crippen LogP contribution in [0.5, 0.6) is 0 Å². The molecule has 0 bridgehead atoms. The highest BCUT2D eigenvalue weighted by molar-refractivity contribution is 6.05. The zero-order valence-corrected chi connectivity index (χ0v) is 13.4. The van der Waals surface area contributed by atoms with Gasteiger partial charge in [-0.15, -0.1) is 0 Å². The zero-order chi connectivity index (χ0) is 18.2. The molecule has 2 atom stereocenters. The van der Waals surface area contributed by atoms with Crippen molar-refractivity contribution >= 4 is 17.6 Å². The molecule has 2 N–H and O–H groups in total. The van der Waals surface area contributed by atoms with Crippen LogP contribution >= 0.6 is 0 Å². The number of hydrogen-bond acceptors (Lipinski definition) is 4. The maximum atomic E-state index is 13.3. The number of nitrogens with one attached hydrogen (secondary N) is 1. The van der Waals surface area contributed by atoms with Gasteiger partial charge < -0.3 is 15.3 Å². The molecule has 1 aromatic rings. The van der Waals surface area contributed by atoms with Crippen LogP contribution in [0.3, 0.4) is 0 Å². The van der Waals surface area contributed by atoms with Crippen LogP contribution in [-0.2, 0) is 14.4 Å². The first-order valence-corrected chi connectivity index (χ1v) is 7.71. The second-order valence-electron chi connectivity index (χ2n) is 6.34. The average Bonchev–Trinajstić information content (AvgIpc) is 3.14. The van der Waals surface area contributed by atoms with Gasteiger partial charge in [-0.1, -0.05) is 11.2 Å². The van der Waals surface area contributed by atoms with E-state index in [4.69, 9.17) is 9.94 Å². The second kappa shape index (κ2) is 6.27. The van der Waals surface area contributed by atoms with Gasteiger partial charge >= 0.3 is 5.97 Å². The van der Waals surface area contributed by atoms with E-state index in [-0.39, 0.29) is 35.7 Å². The first-order valence-electron chi connectivity index (χ1n) is 7.71. The summed E-state index contributed by atoms with van der Waals surface area (Å²) in [5.74, 6) is -2.94. The number of carbonyl (C=O) groups is 2. The fourth-order valence-electron chi connectivity index (χ4n) is 2.88. The number of hydrogen-bond donors (Lipinski definition) is 2. The predicted octanol–water partition coefficient (Wildman–Crippen LogP) is 2.14. The van der Waals surface area contributed by atoms with E-state index < -0.39 is 29.1 Å². The summed E-state index contributed by atoms with van der Waals surface area (Å²) >= 11 is 0. The molecular formula is C17H16F2N2O4. The molecule has 1 unspecified atom stereocenters. The van der Waals surface area contributed by atoms with Crippen LogP contribution in [-0.4, -0.2) is 34.3 Å². The SMILES string of the molecule is CC1(C(=O)N[C@H]2CC=C(C(=O)O)C2)CC(c2cc(F)cc(F)c2)=NO1. The quantitative estimate of drug-likeness (QED) is 0.871. The van der Waals surface area contributed by atoms with Gasteiger partial charge in [-0.2, -0.15) is 0 Å². The summed E-state index contributed by atoms with van der Waals surface area (Å²) in [6.45, 7) is 1.52. The number of benzene rings is 1. The number of carboxylic acid groups (broad SMARTS) is 1. The topological polar surface area (TPSA) is 88.0 Å². The zero-order valence-electron chi connectivity index (χ0n) is 13.4.